The maximum absolute atomic E-state index is 13.0. The highest BCUT2D eigenvalue weighted by atomic mass is 32.2. The van der Waals surface area contributed by atoms with Crippen LogP contribution in [-0.2, 0) is 20.0 Å². The van der Waals surface area contributed by atoms with Crippen LogP contribution in [0.5, 0.6) is 0 Å². The third-order valence-electron chi connectivity index (χ3n) is 5.72. The van der Waals surface area contributed by atoms with Crippen LogP contribution in [0.25, 0.3) is 33.5 Å². The molecule has 8 nitrogen and oxygen atoms in total. The maximum Gasteiger partial charge on any atom is 0.237 e. The minimum atomic E-state index is -3.19. The lowest BCUT2D eigenvalue weighted by Gasteiger charge is -2.19. The molecule has 1 amide bonds. The molecule has 2 N–H and O–H groups in total. The molecule has 0 fully saturated rings. The van der Waals surface area contributed by atoms with Gasteiger partial charge >= 0.3 is 0 Å². The van der Waals surface area contributed by atoms with Gasteiger partial charge in [0, 0.05) is 18.2 Å². The second kappa shape index (κ2) is 6.15. The number of H-pyrrole nitrogens is 2. The highest BCUT2D eigenvalue weighted by molar-refractivity contribution is 7.90. The molecule has 0 bridgehead atoms. The largest absolute Gasteiger partial charge is 0.337 e. The minimum Gasteiger partial charge on any atom is -0.337 e. The van der Waals surface area contributed by atoms with Crippen LogP contribution in [-0.4, -0.2) is 53.0 Å². The van der Waals surface area contributed by atoms with Crippen molar-refractivity contribution in [2.45, 2.75) is 19.3 Å². The Labute approximate surface area is 173 Å². The summed E-state index contributed by atoms with van der Waals surface area (Å²) < 4.78 is 23.3. The van der Waals surface area contributed by atoms with Crippen LogP contribution >= 0.6 is 0 Å². The molecular weight excluding hydrogens is 402 g/mol. The molecule has 0 unspecified atom stereocenters. The summed E-state index contributed by atoms with van der Waals surface area (Å²) in [6.45, 7) is 3.85. The number of benzene rings is 2. The first kappa shape index (κ1) is 18.8. The van der Waals surface area contributed by atoms with Gasteiger partial charge in [-0.2, -0.15) is 5.10 Å². The van der Waals surface area contributed by atoms with E-state index >= 15 is 0 Å². The minimum absolute atomic E-state index is 0.0859. The Hall–Kier alpha value is -3.20. The molecule has 1 aliphatic rings. The number of carbonyl (C=O) groups is 1. The predicted molar refractivity (Wildman–Crippen MR) is 116 cm³/mol. The number of nitrogens with one attached hydrogen (secondary N) is 2. The number of anilines is 1. The van der Waals surface area contributed by atoms with E-state index in [1.807, 2.05) is 50.2 Å². The van der Waals surface area contributed by atoms with Gasteiger partial charge < -0.3 is 9.88 Å². The highest BCUT2D eigenvalue weighted by Gasteiger charge is 2.44. The molecule has 0 radical (unpaired) electrons. The third kappa shape index (κ3) is 2.80. The SMILES string of the molecule is CC1(C)C(=O)N(CCS(C)(=O)=O)c2cc3nc(-c4n[nH]c5ccccc45)[nH]c3cc21. The number of aromatic amines is 2. The Morgan fingerprint density at radius 3 is 2.67 bits per heavy atom. The summed E-state index contributed by atoms with van der Waals surface area (Å²) in [7, 11) is -3.19. The molecule has 4 aromatic rings. The van der Waals surface area contributed by atoms with Crippen LogP contribution in [0.2, 0.25) is 0 Å². The zero-order valence-corrected chi connectivity index (χ0v) is 17.7. The summed E-state index contributed by atoms with van der Waals surface area (Å²) >= 11 is 0. The van der Waals surface area contributed by atoms with E-state index in [2.05, 4.69) is 15.2 Å². The van der Waals surface area contributed by atoms with Crippen molar-refractivity contribution in [1.82, 2.24) is 20.2 Å². The fourth-order valence-corrected chi connectivity index (χ4v) is 4.58. The normalized spacial score (nSPS) is 16.0. The van der Waals surface area contributed by atoms with Gasteiger partial charge in [0.05, 0.1) is 33.4 Å². The van der Waals surface area contributed by atoms with E-state index in [0.717, 1.165) is 27.7 Å². The highest BCUT2D eigenvalue weighted by Crippen LogP contribution is 2.43. The van der Waals surface area contributed by atoms with Gasteiger partial charge in [-0.15, -0.1) is 0 Å². The van der Waals surface area contributed by atoms with Gasteiger partial charge in [-0.25, -0.2) is 13.4 Å². The molecule has 5 rings (SSSR count). The first-order chi connectivity index (χ1) is 14.1. The number of aromatic nitrogens is 4. The van der Waals surface area contributed by atoms with Crippen LogP contribution in [0.1, 0.15) is 19.4 Å². The van der Waals surface area contributed by atoms with E-state index in [-0.39, 0.29) is 18.2 Å². The number of imidazole rings is 1. The average Bonchev–Trinajstić information content (AvgIpc) is 3.33. The summed E-state index contributed by atoms with van der Waals surface area (Å²) in [5, 5.41) is 8.38. The van der Waals surface area contributed by atoms with Crippen molar-refractivity contribution in [3.63, 3.8) is 0 Å². The van der Waals surface area contributed by atoms with Gasteiger partial charge in [0.1, 0.15) is 15.5 Å². The van der Waals surface area contributed by atoms with Crippen molar-refractivity contribution in [1.29, 1.82) is 0 Å². The van der Waals surface area contributed by atoms with Crippen molar-refractivity contribution in [3.8, 4) is 11.5 Å². The number of hydrogen-bond donors (Lipinski definition) is 2. The Kier molecular flexibility index (Phi) is 3.85. The molecule has 2 aromatic carbocycles. The number of fused-ring (bicyclic) bond motifs is 3. The molecule has 9 heteroatoms. The summed E-state index contributed by atoms with van der Waals surface area (Å²) in [5.74, 6) is 0.447. The second-order valence-corrected chi connectivity index (χ2v) is 10.6. The molecule has 3 heterocycles. The fourth-order valence-electron chi connectivity index (χ4n) is 4.07. The van der Waals surface area contributed by atoms with Crippen molar-refractivity contribution >= 4 is 43.4 Å². The van der Waals surface area contributed by atoms with Crippen molar-refractivity contribution in [2.24, 2.45) is 0 Å². The number of rotatable bonds is 4. The summed E-state index contributed by atoms with van der Waals surface area (Å²) in [6.07, 6.45) is 1.18. The molecule has 30 heavy (non-hydrogen) atoms. The van der Waals surface area contributed by atoms with E-state index in [9.17, 15) is 13.2 Å². The molecule has 154 valence electrons. The molecule has 0 saturated heterocycles. The van der Waals surface area contributed by atoms with Crippen LogP contribution in [0.15, 0.2) is 36.4 Å². The Bertz CT molecular complexity index is 1430. The van der Waals surface area contributed by atoms with Crippen molar-refractivity contribution in [2.75, 3.05) is 23.5 Å². The maximum atomic E-state index is 13.0. The smallest absolute Gasteiger partial charge is 0.237 e. The Morgan fingerprint density at radius 1 is 1.13 bits per heavy atom. The third-order valence-corrected chi connectivity index (χ3v) is 6.65. The number of para-hydroxylation sites is 1. The molecule has 2 aromatic heterocycles. The van der Waals surface area contributed by atoms with E-state index in [1.54, 1.807) is 4.90 Å². The van der Waals surface area contributed by atoms with Crippen LogP contribution in [0.3, 0.4) is 0 Å². The van der Waals surface area contributed by atoms with Gasteiger partial charge in [0.15, 0.2) is 5.82 Å². The summed E-state index contributed by atoms with van der Waals surface area (Å²) in [4.78, 5) is 22.6. The molecule has 0 saturated carbocycles. The quantitative estimate of drug-likeness (QED) is 0.524. The lowest BCUT2D eigenvalue weighted by molar-refractivity contribution is -0.122. The molecule has 0 atom stereocenters. The zero-order valence-electron chi connectivity index (χ0n) is 16.9. The van der Waals surface area contributed by atoms with Gasteiger partial charge in [0.25, 0.3) is 0 Å². The summed E-state index contributed by atoms with van der Waals surface area (Å²) in [6, 6.07) is 11.6. The van der Waals surface area contributed by atoms with Crippen molar-refractivity contribution < 1.29 is 13.2 Å². The lowest BCUT2D eigenvalue weighted by Crippen LogP contribution is -2.38. The van der Waals surface area contributed by atoms with Gasteiger partial charge in [-0.1, -0.05) is 18.2 Å². The number of sulfone groups is 1. The number of amides is 1. The monoisotopic (exact) mass is 423 g/mol. The van der Waals surface area contributed by atoms with Crippen molar-refractivity contribution in [3.05, 3.63) is 42.0 Å². The topological polar surface area (TPSA) is 112 Å². The van der Waals surface area contributed by atoms with E-state index in [4.69, 9.17) is 4.98 Å². The number of nitrogens with zero attached hydrogens (tertiary/aromatic N) is 3. The molecular formula is C21H21N5O3S. The lowest BCUT2D eigenvalue weighted by atomic mass is 9.86. The second-order valence-electron chi connectivity index (χ2n) is 8.30. The first-order valence-corrected chi connectivity index (χ1v) is 11.7. The summed E-state index contributed by atoms with van der Waals surface area (Å²) in [5.41, 5.74) is 3.99. The predicted octanol–water partition coefficient (Wildman–Crippen LogP) is 2.78. The van der Waals surface area contributed by atoms with Gasteiger partial charge in [-0.3, -0.25) is 9.89 Å². The van der Waals surface area contributed by atoms with E-state index in [1.165, 1.54) is 6.26 Å². The fraction of sp³-hybridized carbons (Fsp3) is 0.286. The molecule has 1 aliphatic heterocycles. The number of carbonyl (C=O) groups excluding carboxylic acids is 1. The Balaban J connectivity index is 1.63. The van der Waals surface area contributed by atoms with Crippen LogP contribution < -0.4 is 4.90 Å². The zero-order chi connectivity index (χ0) is 21.3. The average molecular weight is 423 g/mol. The first-order valence-electron chi connectivity index (χ1n) is 9.62. The van der Waals surface area contributed by atoms with Gasteiger partial charge in [0.2, 0.25) is 5.91 Å². The standard InChI is InChI=1S/C21H21N5O3S/c1-21(2)13-10-15-16(11-17(13)26(20(21)27)8-9-30(3,28)29)23-19(22-15)18-12-6-4-5-7-14(12)24-25-18/h4-7,10-11H,8-9H2,1-3H3,(H,22,23)(H,24,25). The number of hydrogen-bond acceptors (Lipinski definition) is 5. The van der Waals surface area contributed by atoms with E-state index in [0.29, 0.717) is 17.0 Å². The molecule has 0 aliphatic carbocycles. The van der Waals surface area contributed by atoms with Crippen LogP contribution in [0.4, 0.5) is 5.69 Å². The van der Waals surface area contributed by atoms with E-state index < -0.39 is 15.3 Å². The Morgan fingerprint density at radius 2 is 1.90 bits per heavy atom. The molecule has 0 spiro atoms. The van der Waals surface area contributed by atoms with Gasteiger partial charge in [-0.05, 0) is 37.6 Å². The van der Waals surface area contributed by atoms with Crippen LogP contribution in [0, 0.1) is 0 Å².